The summed E-state index contributed by atoms with van der Waals surface area (Å²) in [5.41, 5.74) is 6.26. The highest BCUT2D eigenvalue weighted by atomic mass is 19.4. The molecule has 6 nitrogen and oxygen atoms in total. The summed E-state index contributed by atoms with van der Waals surface area (Å²) in [6.07, 6.45) is -2.29. The number of hydrogen-bond donors (Lipinski definition) is 2. The molecule has 2 heterocycles. The number of nitrogens with two attached hydrogens (primary N) is 1. The molecule has 176 valence electrons. The zero-order valence-electron chi connectivity index (χ0n) is 17.5. The van der Waals surface area contributed by atoms with Crippen LogP contribution in [0.25, 0.3) is 22.1 Å². The minimum atomic E-state index is -4.62. The fourth-order valence-corrected chi connectivity index (χ4v) is 3.60. The van der Waals surface area contributed by atoms with Crippen molar-refractivity contribution in [1.29, 1.82) is 0 Å². The van der Waals surface area contributed by atoms with Crippen LogP contribution < -0.4 is 10.5 Å². The SMILES string of the molecule is NCc1nccc(-c2cc(COc3cc(C(F)(F)F)ccc3CC(=O)O)cc3ccoc23)c1F. The van der Waals surface area contributed by atoms with Gasteiger partial charge in [0.1, 0.15) is 17.9 Å². The van der Waals surface area contributed by atoms with E-state index < -0.39 is 29.9 Å². The van der Waals surface area contributed by atoms with Crippen molar-refractivity contribution >= 4 is 16.9 Å². The van der Waals surface area contributed by atoms with Gasteiger partial charge in [-0.1, -0.05) is 6.07 Å². The molecule has 0 fully saturated rings. The largest absolute Gasteiger partial charge is 0.489 e. The monoisotopic (exact) mass is 474 g/mol. The normalized spacial score (nSPS) is 11.7. The van der Waals surface area contributed by atoms with Crippen molar-refractivity contribution in [2.24, 2.45) is 5.73 Å². The topological polar surface area (TPSA) is 98.6 Å². The van der Waals surface area contributed by atoms with E-state index in [0.29, 0.717) is 22.1 Å². The van der Waals surface area contributed by atoms with Gasteiger partial charge in [-0.25, -0.2) is 4.39 Å². The number of carboxylic acids is 1. The summed E-state index contributed by atoms with van der Waals surface area (Å²) < 4.78 is 65.6. The highest BCUT2D eigenvalue weighted by molar-refractivity contribution is 5.93. The molecular weight excluding hydrogens is 456 g/mol. The van der Waals surface area contributed by atoms with Crippen LogP contribution in [0.1, 0.15) is 22.4 Å². The third-order valence-corrected chi connectivity index (χ3v) is 5.19. The van der Waals surface area contributed by atoms with Gasteiger partial charge >= 0.3 is 12.1 Å². The van der Waals surface area contributed by atoms with Gasteiger partial charge in [-0.15, -0.1) is 0 Å². The van der Waals surface area contributed by atoms with E-state index in [-0.39, 0.29) is 35.7 Å². The number of pyridine rings is 1. The van der Waals surface area contributed by atoms with Gasteiger partial charge in [-0.05, 0) is 42.0 Å². The van der Waals surface area contributed by atoms with Crippen LogP contribution in [0, 0.1) is 5.82 Å². The molecule has 4 aromatic rings. The number of nitrogens with zero attached hydrogens (tertiary/aromatic N) is 1. The van der Waals surface area contributed by atoms with E-state index >= 15 is 0 Å². The molecule has 34 heavy (non-hydrogen) atoms. The zero-order chi connectivity index (χ0) is 24.5. The first-order valence-corrected chi connectivity index (χ1v) is 10.1. The first-order valence-electron chi connectivity index (χ1n) is 10.1. The fraction of sp³-hybridized carbons (Fsp3) is 0.167. The Hall–Kier alpha value is -3.92. The third-order valence-electron chi connectivity index (χ3n) is 5.19. The Balaban J connectivity index is 1.73. The summed E-state index contributed by atoms with van der Waals surface area (Å²) >= 11 is 0. The number of carbonyl (C=O) groups is 1. The highest BCUT2D eigenvalue weighted by Crippen LogP contribution is 2.35. The van der Waals surface area contributed by atoms with Crippen molar-refractivity contribution < 1.29 is 36.6 Å². The maximum Gasteiger partial charge on any atom is 0.416 e. The summed E-state index contributed by atoms with van der Waals surface area (Å²) in [6, 6.07) is 9.07. The van der Waals surface area contributed by atoms with Crippen LogP contribution >= 0.6 is 0 Å². The number of alkyl halides is 3. The molecule has 0 amide bonds. The second-order valence-corrected chi connectivity index (χ2v) is 7.49. The molecule has 0 radical (unpaired) electrons. The molecule has 0 atom stereocenters. The van der Waals surface area contributed by atoms with Crippen LogP contribution in [0.3, 0.4) is 0 Å². The quantitative estimate of drug-likeness (QED) is 0.352. The molecule has 3 N–H and O–H groups in total. The summed E-state index contributed by atoms with van der Waals surface area (Å²) in [5.74, 6) is -2.02. The molecule has 0 unspecified atom stereocenters. The number of ether oxygens (including phenoxy) is 1. The Morgan fingerprint density at radius 2 is 1.91 bits per heavy atom. The molecule has 2 aromatic heterocycles. The van der Waals surface area contributed by atoms with Crippen LogP contribution in [0.2, 0.25) is 0 Å². The van der Waals surface area contributed by atoms with E-state index in [2.05, 4.69) is 4.98 Å². The number of aliphatic carboxylic acids is 1. The molecule has 0 spiro atoms. The molecule has 10 heteroatoms. The summed E-state index contributed by atoms with van der Waals surface area (Å²) in [5, 5.41) is 9.72. The first-order chi connectivity index (χ1) is 16.2. The molecule has 0 aliphatic heterocycles. The summed E-state index contributed by atoms with van der Waals surface area (Å²) in [7, 11) is 0. The van der Waals surface area contributed by atoms with Gasteiger partial charge in [0, 0.05) is 34.8 Å². The molecule has 2 aromatic carbocycles. The standard InChI is InChI=1S/C24H18F4N2O4/c25-22-17(3-5-30-19(22)11-29)18-8-13(7-15-4-6-33-23(15)18)12-34-20-10-16(24(26,27)28)2-1-14(20)9-21(31)32/h1-8,10H,9,11-12,29H2,(H,31,32). The second-order valence-electron chi connectivity index (χ2n) is 7.49. The van der Waals surface area contributed by atoms with Crippen molar-refractivity contribution in [2.75, 3.05) is 0 Å². The van der Waals surface area contributed by atoms with Gasteiger partial charge < -0.3 is 20.0 Å². The minimum Gasteiger partial charge on any atom is -0.489 e. The van der Waals surface area contributed by atoms with E-state index in [1.807, 2.05) is 0 Å². The maximum atomic E-state index is 14.9. The molecule has 0 saturated heterocycles. The van der Waals surface area contributed by atoms with Crippen molar-refractivity contribution in [3.63, 3.8) is 0 Å². The number of furan rings is 1. The molecule has 0 aliphatic rings. The average Bonchev–Trinajstić information content (AvgIpc) is 3.26. The average molecular weight is 474 g/mol. The summed E-state index contributed by atoms with van der Waals surface area (Å²) in [6.45, 7) is -0.301. The first kappa shape index (κ1) is 23.2. The van der Waals surface area contributed by atoms with Crippen molar-refractivity contribution in [1.82, 2.24) is 4.98 Å². The van der Waals surface area contributed by atoms with Crippen LogP contribution in [0.5, 0.6) is 5.75 Å². The number of aromatic nitrogens is 1. The summed E-state index contributed by atoms with van der Waals surface area (Å²) in [4.78, 5) is 15.1. The zero-order valence-corrected chi connectivity index (χ0v) is 17.5. The van der Waals surface area contributed by atoms with E-state index in [9.17, 15) is 22.4 Å². The highest BCUT2D eigenvalue weighted by Gasteiger charge is 2.31. The Morgan fingerprint density at radius 1 is 1.12 bits per heavy atom. The van der Waals surface area contributed by atoms with Crippen molar-refractivity contribution in [3.05, 3.63) is 83.1 Å². The van der Waals surface area contributed by atoms with Crippen LogP contribution in [-0.4, -0.2) is 16.1 Å². The number of hydrogen-bond acceptors (Lipinski definition) is 5. The predicted molar refractivity (Wildman–Crippen MR) is 114 cm³/mol. The lowest BCUT2D eigenvalue weighted by Gasteiger charge is -2.15. The van der Waals surface area contributed by atoms with E-state index in [4.69, 9.17) is 20.0 Å². The molecule has 4 rings (SSSR count). The fourth-order valence-electron chi connectivity index (χ4n) is 3.60. The lowest BCUT2D eigenvalue weighted by molar-refractivity contribution is -0.137. The number of rotatable bonds is 7. The predicted octanol–water partition coefficient (Wildman–Crippen LogP) is 5.32. The van der Waals surface area contributed by atoms with E-state index in [0.717, 1.165) is 18.2 Å². The van der Waals surface area contributed by atoms with Gasteiger partial charge in [0.15, 0.2) is 5.82 Å². The van der Waals surface area contributed by atoms with Gasteiger partial charge in [0.2, 0.25) is 0 Å². The van der Waals surface area contributed by atoms with Gasteiger partial charge in [-0.2, -0.15) is 13.2 Å². The smallest absolute Gasteiger partial charge is 0.416 e. The number of halogens is 4. The van der Waals surface area contributed by atoms with Crippen molar-refractivity contribution in [2.45, 2.75) is 25.7 Å². The van der Waals surface area contributed by atoms with Crippen LogP contribution in [-0.2, 0) is 30.5 Å². The third kappa shape index (κ3) is 4.72. The Morgan fingerprint density at radius 3 is 2.62 bits per heavy atom. The van der Waals surface area contributed by atoms with E-state index in [1.54, 1.807) is 18.2 Å². The Labute approximate surface area is 190 Å². The molecule has 0 bridgehead atoms. The lowest BCUT2D eigenvalue weighted by Crippen LogP contribution is -2.09. The van der Waals surface area contributed by atoms with E-state index in [1.165, 1.54) is 18.5 Å². The van der Waals surface area contributed by atoms with Crippen LogP contribution in [0.15, 0.2) is 59.3 Å². The van der Waals surface area contributed by atoms with Gasteiger partial charge in [0.05, 0.1) is 23.9 Å². The van der Waals surface area contributed by atoms with Gasteiger partial charge in [-0.3, -0.25) is 9.78 Å². The maximum absolute atomic E-state index is 14.9. The molecular formula is C24H18F4N2O4. The van der Waals surface area contributed by atoms with Gasteiger partial charge in [0.25, 0.3) is 0 Å². The minimum absolute atomic E-state index is 0.0705. The molecule has 0 saturated carbocycles. The number of benzene rings is 2. The Bertz CT molecular complexity index is 1370. The Kier molecular flexibility index (Phi) is 6.25. The second kappa shape index (κ2) is 9.14. The van der Waals surface area contributed by atoms with Crippen molar-refractivity contribution in [3.8, 4) is 16.9 Å². The van der Waals surface area contributed by atoms with Crippen LogP contribution in [0.4, 0.5) is 17.6 Å². The number of carboxylic acid groups (broad SMARTS) is 1. The molecule has 0 aliphatic carbocycles. The lowest BCUT2D eigenvalue weighted by atomic mass is 10.00. The number of fused-ring (bicyclic) bond motifs is 1.